The molecule has 0 unspecified atom stereocenters. The summed E-state index contributed by atoms with van der Waals surface area (Å²) in [4.78, 5) is 10.2. The monoisotopic (exact) mass is 230 g/mol. The van der Waals surface area contributed by atoms with Crippen molar-refractivity contribution >= 4 is 27.3 Å². The highest BCUT2D eigenvalue weighted by Crippen LogP contribution is 2.34. The molecule has 0 amide bonds. The number of anilines is 1. The normalized spacial score (nSPS) is 9.50. The van der Waals surface area contributed by atoms with E-state index in [4.69, 9.17) is 10.5 Å². The lowest BCUT2D eigenvalue weighted by molar-refractivity contribution is 0.412. The van der Waals surface area contributed by atoms with Crippen molar-refractivity contribution in [2.45, 2.75) is 0 Å². The number of hydrogen-bond donors (Lipinski definition) is 1. The molecule has 0 atom stereocenters. The van der Waals surface area contributed by atoms with Crippen molar-refractivity contribution in [3.63, 3.8) is 0 Å². The smallest absolute Gasteiger partial charge is 0.135 e. The van der Waals surface area contributed by atoms with Gasteiger partial charge < -0.3 is 10.5 Å². The number of methoxy groups -OCH3 is 1. The molecule has 4 nitrogen and oxygen atoms in total. The summed E-state index contributed by atoms with van der Waals surface area (Å²) < 4.78 is 5.64. The van der Waals surface area contributed by atoms with E-state index in [9.17, 15) is 4.91 Å². The Morgan fingerprint density at radius 3 is 2.75 bits per heavy atom. The molecule has 0 saturated heterocycles. The Hall–Kier alpha value is -1.10. The SMILES string of the molecule is COc1cc(N=O)c(N)cc1Br. The van der Waals surface area contributed by atoms with E-state index >= 15 is 0 Å². The van der Waals surface area contributed by atoms with Crippen LogP contribution in [0.4, 0.5) is 11.4 Å². The first-order valence-electron chi connectivity index (χ1n) is 3.15. The van der Waals surface area contributed by atoms with E-state index in [-0.39, 0.29) is 5.69 Å². The maximum atomic E-state index is 10.2. The zero-order chi connectivity index (χ0) is 9.14. The largest absolute Gasteiger partial charge is 0.495 e. The van der Waals surface area contributed by atoms with Crippen LogP contribution in [0.5, 0.6) is 5.75 Å². The highest BCUT2D eigenvalue weighted by Gasteiger charge is 2.06. The van der Waals surface area contributed by atoms with Crippen LogP contribution >= 0.6 is 15.9 Å². The van der Waals surface area contributed by atoms with E-state index < -0.39 is 0 Å². The minimum Gasteiger partial charge on any atom is -0.495 e. The predicted octanol–water partition coefficient (Wildman–Crippen LogP) is 2.44. The first-order valence-corrected chi connectivity index (χ1v) is 3.94. The molecule has 1 aromatic rings. The Kier molecular flexibility index (Phi) is 2.65. The Balaban J connectivity index is 3.26. The van der Waals surface area contributed by atoms with E-state index in [2.05, 4.69) is 21.1 Å². The summed E-state index contributed by atoms with van der Waals surface area (Å²) >= 11 is 3.22. The lowest BCUT2D eigenvalue weighted by Gasteiger charge is -2.04. The Morgan fingerprint density at radius 1 is 1.58 bits per heavy atom. The van der Waals surface area contributed by atoms with Crippen molar-refractivity contribution in [3.8, 4) is 5.75 Å². The molecule has 0 fully saturated rings. The van der Waals surface area contributed by atoms with Crippen LogP contribution in [-0.4, -0.2) is 7.11 Å². The van der Waals surface area contributed by atoms with Crippen molar-refractivity contribution in [2.24, 2.45) is 5.18 Å². The summed E-state index contributed by atoms with van der Waals surface area (Å²) in [6.45, 7) is 0. The maximum Gasteiger partial charge on any atom is 0.135 e. The van der Waals surface area contributed by atoms with Crippen molar-refractivity contribution in [2.75, 3.05) is 12.8 Å². The molecule has 12 heavy (non-hydrogen) atoms. The van der Waals surface area contributed by atoms with E-state index in [1.54, 1.807) is 6.07 Å². The number of nitrogens with zero attached hydrogens (tertiary/aromatic N) is 1. The highest BCUT2D eigenvalue weighted by atomic mass is 79.9. The second-order valence-corrected chi connectivity index (χ2v) is 2.99. The van der Waals surface area contributed by atoms with Crippen molar-refractivity contribution in [3.05, 3.63) is 21.5 Å². The van der Waals surface area contributed by atoms with Gasteiger partial charge in [0.15, 0.2) is 0 Å². The molecule has 0 aliphatic rings. The van der Waals surface area contributed by atoms with E-state index in [0.717, 1.165) is 0 Å². The number of ether oxygens (including phenoxy) is 1. The molecule has 2 N–H and O–H groups in total. The molecule has 5 heteroatoms. The maximum absolute atomic E-state index is 10.2. The van der Waals surface area contributed by atoms with Gasteiger partial charge in [0.1, 0.15) is 11.4 Å². The summed E-state index contributed by atoms with van der Waals surface area (Å²) in [7, 11) is 1.50. The quantitative estimate of drug-likeness (QED) is 0.627. The van der Waals surface area contributed by atoms with Crippen LogP contribution in [0.2, 0.25) is 0 Å². The van der Waals surface area contributed by atoms with Gasteiger partial charge in [0.2, 0.25) is 0 Å². The molecule has 0 heterocycles. The molecule has 0 spiro atoms. The number of hydrogen-bond acceptors (Lipinski definition) is 4. The second-order valence-electron chi connectivity index (χ2n) is 2.14. The summed E-state index contributed by atoms with van der Waals surface area (Å²) in [5, 5.41) is 2.74. The van der Waals surface area contributed by atoms with Gasteiger partial charge in [-0.05, 0) is 27.2 Å². The molecule has 1 aromatic carbocycles. The molecular formula is C7H7BrN2O2. The predicted molar refractivity (Wildman–Crippen MR) is 50.6 cm³/mol. The average molecular weight is 231 g/mol. The first kappa shape index (κ1) is 8.99. The molecule has 0 aromatic heterocycles. The molecule has 0 aliphatic heterocycles. The lowest BCUT2D eigenvalue weighted by atomic mass is 10.2. The Bertz CT molecular complexity index is 315. The van der Waals surface area contributed by atoms with Gasteiger partial charge in [-0.15, -0.1) is 4.91 Å². The minimum atomic E-state index is 0.190. The number of nitroso groups, excluding NO2 is 1. The van der Waals surface area contributed by atoms with Crippen LogP contribution in [0.3, 0.4) is 0 Å². The molecular weight excluding hydrogens is 224 g/mol. The number of rotatable bonds is 2. The van der Waals surface area contributed by atoms with E-state index in [1.165, 1.54) is 13.2 Å². The highest BCUT2D eigenvalue weighted by molar-refractivity contribution is 9.10. The summed E-state index contributed by atoms with van der Waals surface area (Å²) in [6.07, 6.45) is 0. The van der Waals surface area contributed by atoms with Crippen LogP contribution in [-0.2, 0) is 0 Å². The molecule has 0 bridgehead atoms. The van der Waals surface area contributed by atoms with Crippen LogP contribution in [0, 0.1) is 4.91 Å². The molecule has 0 aliphatic carbocycles. The molecule has 0 saturated carbocycles. The molecule has 1 rings (SSSR count). The van der Waals surface area contributed by atoms with Crippen LogP contribution < -0.4 is 10.5 Å². The van der Waals surface area contributed by atoms with E-state index in [1.807, 2.05) is 0 Å². The fourth-order valence-electron chi connectivity index (χ4n) is 0.794. The summed E-state index contributed by atoms with van der Waals surface area (Å²) in [6, 6.07) is 3.06. The third-order valence-corrected chi connectivity index (χ3v) is 2.02. The van der Waals surface area contributed by atoms with Crippen LogP contribution in [0.1, 0.15) is 0 Å². The van der Waals surface area contributed by atoms with Crippen LogP contribution in [0.25, 0.3) is 0 Å². The van der Waals surface area contributed by atoms with E-state index in [0.29, 0.717) is 15.9 Å². The van der Waals surface area contributed by atoms with Gasteiger partial charge in [-0.25, -0.2) is 0 Å². The van der Waals surface area contributed by atoms with Crippen molar-refractivity contribution in [1.82, 2.24) is 0 Å². The first-order chi connectivity index (χ1) is 5.69. The number of nitrogens with two attached hydrogens (primary N) is 1. The molecule has 64 valence electrons. The van der Waals surface area contributed by atoms with Crippen molar-refractivity contribution < 1.29 is 4.74 Å². The standard InChI is InChI=1S/C7H7BrN2O2/c1-12-7-3-6(10-11)5(9)2-4(7)8/h2-3H,9H2,1H3. The van der Waals surface area contributed by atoms with Gasteiger partial charge in [0.25, 0.3) is 0 Å². The number of nitrogen functional groups attached to an aromatic ring is 1. The number of halogens is 1. The van der Waals surface area contributed by atoms with Gasteiger partial charge in [-0.2, -0.15) is 0 Å². The Labute approximate surface area is 77.8 Å². The fraction of sp³-hybridized carbons (Fsp3) is 0.143. The summed E-state index contributed by atoms with van der Waals surface area (Å²) in [5.74, 6) is 0.541. The van der Waals surface area contributed by atoms with Crippen LogP contribution in [0.15, 0.2) is 21.8 Å². The summed E-state index contributed by atoms with van der Waals surface area (Å²) in [5.41, 5.74) is 6.00. The van der Waals surface area contributed by atoms with Gasteiger partial charge >= 0.3 is 0 Å². The topological polar surface area (TPSA) is 64.7 Å². The number of benzene rings is 1. The minimum absolute atomic E-state index is 0.190. The van der Waals surface area contributed by atoms with Gasteiger partial charge in [-0.1, -0.05) is 0 Å². The zero-order valence-electron chi connectivity index (χ0n) is 6.37. The fourth-order valence-corrected chi connectivity index (χ4v) is 1.32. The Morgan fingerprint density at radius 2 is 2.25 bits per heavy atom. The lowest BCUT2D eigenvalue weighted by Crippen LogP contribution is -1.89. The molecule has 0 radical (unpaired) electrons. The third-order valence-electron chi connectivity index (χ3n) is 1.40. The van der Waals surface area contributed by atoms with Gasteiger partial charge in [-0.3, -0.25) is 0 Å². The zero-order valence-corrected chi connectivity index (χ0v) is 7.96. The van der Waals surface area contributed by atoms with Crippen molar-refractivity contribution in [1.29, 1.82) is 0 Å². The average Bonchev–Trinajstić information content (AvgIpc) is 2.05. The third kappa shape index (κ3) is 1.55. The van der Waals surface area contributed by atoms with Gasteiger partial charge in [0, 0.05) is 6.07 Å². The van der Waals surface area contributed by atoms with Gasteiger partial charge in [0.05, 0.1) is 17.3 Å². The second kappa shape index (κ2) is 3.53.